The van der Waals surface area contributed by atoms with Crippen molar-refractivity contribution in [3.8, 4) is 0 Å². The fourth-order valence-electron chi connectivity index (χ4n) is 1.13. The minimum Gasteiger partial charge on any atom is -0.397 e. The van der Waals surface area contributed by atoms with Gasteiger partial charge in [0, 0.05) is 11.7 Å². The van der Waals surface area contributed by atoms with Crippen molar-refractivity contribution in [1.29, 1.82) is 0 Å². The van der Waals surface area contributed by atoms with Crippen molar-refractivity contribution in [3.05, 3.63) is 18.2 Å². The minimum atomic E-state index is 0.218. The standard InChI is InChI=1S/C12H21N3/c1-8(12(2,3)4)15-9-5-6-10(13)11(14)7-9/h5-8,15H,13-14H2,1-4H3. The van der Waals surface area contributed by atoms with Gasteiger partial charge in [0.1, 0.15) is 0 Å². The Bertz CT molecular complexity index is 339. The molecule has 1 atom stereocenters. The number of hydrogen-bond donors (Lipinski definition) is 3. The molecule has 0 saturated heterocycles. The van der Waals surface area contributed by atoms with Gasteiger partial charge in [-0.2, -0.15) is 0 Å². The Labute approximate surface area is 91.9 Å². The molecule has 0 amide bonds. The lowest BCUT2D eigenvalue weighted by Gasteiger charge is -2.29. The molecule has 0 aromatic heterocycles. The van der Waals surface area contributed by atoms with Crippen LogP contribution in [0.15, 0.2) is 18.2 Å². The lowest BCUT2D eigenvalue weighted by molar-refractivity contribution is 0.359. The largest absolute Gasteiger partial charge is 0.397 e. The second-order valence-electron chi connectivity index (χ2n) is 5.08. The number of rotatable bonds is 2. The van der Waals surface area contributed by atoms with E-state index in [0.29, 0.717) is 17.4 Å². The van der Waals surface area contributed by atoms with Gasteiger partial charge in [0.25, 0.3) is 0 Å². The molecule has 0 heterocycles. The van der Waals surface area contributed by atoms with Crippen LogP contribution in [0.1, 0.15) is 27.7 Å². The van der Waals surface area contributed by atoms with Gasteiger partial charge in [-0.15, -0.1) is 0 Å². The molecule has 0 aliphatic rings. The van der Waals surface area contributed by atoms with Crippen molar-refractivity contribution in [2.45, 2.75) is 33.7 Å². The molecule has 0 saturated carbocycles. The molecule has 1 rings (SSSR count). The van der Waals surface area contributed by atoms with Crippen LogP contribution in [0.5, 0.6) is 0 Å². The van der Waals surface area contributed by atoms with Gasteiger partial charge in [0.15, 0.2) is 0 Å². The summed E-state index contributed by atoms with van der Waals surface area (Å²) in [6.07, 6.45) is 0. The number of anilines is 3. The Morgan fingerprint density at radius 2 is 1.73 bits per heavy atom. The van der Waals surface area contributed by atoms with E-state index in [-0.39, 0.29) is 5.41 Å². The maximum Gasteiger partial charge on any atom is 0.0568 e. The highest BCUT2D eigenvalue weighted by molar-refractivity contribution is 5.69. The molecule has 0 bridgehead atoms. The van der Waals surface area contributed by atoms with Crippen molar-refractivity contribution in [3.63, 3.8) is 0 Å². The van der Waals surface area contributed by atoms with Gasteiger partial charge in [-0.05, 0) is 30.5 Å². The van der Waals surface area contributed by atoms with Crippen molar-refractivity contribution in [2.75, 3.05) is 16.8 Å². The van der Waals surface area contributed by atoms with Crippen LogP contribution in [0.25, 0.3) is 0 Å². The van der Waals surface area contributed by atoms with E-state index in [1.54, 1.807) is 0 Å². The molecule has 1 unspecified atom stereocenters. The predicted octanol–water partition coefficient (Wildman–Crippen LogP) is 2.70. The summed E-state index contributed by atoms with van der Waals surface area (Å²) in [5.74, 6) is 0. The maximum atomic E-state index is 5.74. The third kappa shape index (κ3) is 3.05. The van der Waals surface area contributed by atoms with Gasteiger partial charge in [-0.3, -0.25) is 0 Å². The quantitative estimate of drug-likeness (QED) is 0.653. The number of nitrogen functional groups attached to an aromatic ring is 2. The first kappa shape index (κ1) is 11.7. The molecule has 0 spiro atoms. The lowest BCUT2D eigenvalue weighted by atomic mass is 9.88. The Morgan fingerprint density at radius 1 is 1.13 bits per heavy atom. The van der Waals surface area contributed by atoms with E-state index < -0.39 is 0 Å². The summed E-state index contributed by atoms with van der Waals surface area (Å²) in [4.78, 5) is 0. The maximum absolute atomic E-state index is 5.74. The Kier molecular flexibility index (Phi) is 3.12. The molecule has 1 aromatic rings. The number of nitrogens with one attached hydrogen (secondary N) is 1. The molecule has 0 radical (unpaired) electrons. The summed E-state index contributed by atoms with van der Waals surface area (Å²) in [5, 5.41) is 3.41. The summed E-state index contributed by atoms with van der Waals surface area (Å²) in [6.45, 7) is 8.76. The van der Waals surface area contributed by atoms with Crippen LogP contribution in [0.4, 0.5) is 17.1 Å². The monoisotopic (exact) mass is 207 g/mol. The SMILES string of the molecule is CC(Nc1ccc(N)c(N)c1)C(C)(C)C. The molecule has 0 aliphatic carbocycles. The lowest BCUT2D eigenvalue weighted by Crippen LogP contribution is -2.30. The normalized spacial score (nSPS) is 13.6. The molecular formula is C12H21N3. The molecule has 3 heteroatoms. The smallest absolute Gasteiger partial charge is 0.0568 e. The molecular weight excluding hydrogens is 186 g/mol. The van der Waals surface area contributed by atoms with E-state index in [1.807, 2.05) is 18.2 Å². The van der Waals surface area contributed by atoms with Crippen LogP contribution >= 0.6 is 0 Å². The number of nitrogens with two attached hydrogens (primary N) is 2. The van der Waals surface area contributed by atoms with E-state index in [4.69, 9.17) is 11.5 Å². The van der Waals surface area contributed by atoms with Gasteiger partial charge in [-0.1, -0.05) is 20.8 Å². The molecule has 84 valence electrons. The van der Waals surface area contributed by atoms with Crippen LogP contribution in [0.3, 0.4) is 0 Å². The Balaban J connectivity index is 2.78. The molecule has 1 aromatic carbocycles. The Hall–Kier alpha value is -1.38. The first-order valence-corrected chi connectivity index (χ1v) is 5.22. The first-order valence-electron chi connectivity index (χ1n) is 5.22. The summed E-state index contributed by atoms with van der Waals surface area (Å²) >= 11 is 0. The second kappa shape index (κ2) is 4.01. The van der Waals surface area contributed by atoms with E-state index in [1.165, 1.54) is 0 Å². The topological polar surface area (TPSA) is 64.1 Å². The van der Waals surface area contributed by atoms with Crippen LogP contribution in [-0.4, -0.2) is 6.04 Å². The summed E-state index contributed by atoms with van der Waals surface area (Å²) in [6, 6.07) is 6.03. The van der Waals surface area contributed by atoms with E-state index in [9.17, 15) is 0 Å². The summed E-state index contributed by atoms with van der Waals surface area (Å²) in [5.41, 5.74) is 13.9. The van der Waals surface area contributed by atoms with Crippen LogP contribution in [0.2, 0.25) is 0 Å². The molecule has 15 heavy (non-hydrogen) atoms. The summed E-state index contributed by atoms with van der Waals surface area (Å²) < 4.78 is 0. The minimum absolute atomic E-state index is 0.218. The van der Waals surface area contributed by atoms with Gasteiger partial charge in [0.2, 0.25) is 0 Å². The zero-order chi connectivity index (χ0) is 11.6. The average Bonchev–Trinajstić information content (AvgIpc) is 2.10. The molecule has 5 N–H and O–H groups in total. The third-order valence-electron chi connectivity index (χ3n) is 2.77. The first-order chi connectivity index (χ1) is 6.80. The van der Waals surface area contributed by atoms with E-state index >= 15 is 0 Å². The van der Waals surface area contributed by atoms with Crippen molar-refractivity contribution in [1.82, 2.24) is 0 Å². The van der Waals surface area contributed by atoms with E-state index in [0.717, 1.165) is 5.69 Å². The highest BCUT2D eigenvalue weighted by Crippen LogP contribution is 2.25. The molecule has 0 fully saturated rings. The zero-order valence-corrected chi connectivity index (χ0v) is 9.96. The van der Waals surface area contributed by atoms with E-state index in [2.05, 4.69) is 33.0 Å². The number of benzene rings is 1. The predicted molar refractivity (Wildman–Crippen MR) is 67.8 cm³/mol. The average molecular weight is 207 g/mol. The van der Waals surface area contributed by atoms with Gasteiger partial charge in [-0.25, -0.2) is 0 Å². The highest BCUT2D eigenvalue weighted by atomic mass is 14.9. The van der Waals surface area contributed by atoms with Gasteiger partial charge in [0.05, 0.1) is 11.4 Å². The second-order valence-corrected chi connectivity index (χ2v) is 5.08. The third-order valence-corrected chi connectivity index (χ3v) is 2.77. The molecule has 0 aliphatic heterocycles. The Morgan fingerprint density at radius 3 is 2.20 bits per heavy atom. The summed E-state index contributed by atoms with van der Waals surface area (Å²) in [7, 11) is 0. The fraction of sp³-hybridized carbons (Fsp3) is 0.500. The highest BCUT2D eigenvalue weighted by Gasteiger charge is 2.19. The van der Waals surface area contributed by atoms with Crippen LogP contribution in [-0.2, 0) is 0 Å². The van der Waals surface area contributed by atoms with Crippen LogP contribution in [0, 0.1) is 5.41 Å². The van der Waals surface area contributed by atoms with Gasteiger partial charge >= 0.3 is 0 Å². The van der Waals surface area contributed by atoms with Crippen molar-refractivity contribution in [2.24, 2.45) is 5.41 Å². The zero-order valence-electron chi connectivity index (χ0n) is 9.96. The fourth-order valence-corrected chi connectivity index (χ4v) is 1.13. The van der Waals surface area contributed by atoms with Crippen LogP contribution < -0.4 is 16.8 Å². The molecule has 3 nitrogen and oxygen atoms in total. The van der Waals surface area contributed by atoms with Crippen molar-refractivity contribution < 1.29 is 0 Å². The van der Waals surface area contributed by atoms with Gasteiger partial charge < -0.3 is 16.8 Å². The number of hydrogen-bond acceptors (Lipinski definition) is 3. The van der Waals surface area contributed by atoms with Crippen molar-refractivity contribution >= 4 is 17.1 Å².